The van der Waals surface area contributed by atoms with E-state index in [1.165, 1.54) is 0 Å². The molecule has 7 nitrogen and oxygen atoms in total. The van der Waals surface area contributed by atoms with E-state index in [0.717, 1.165) is 31.5 Å². The molecule has 0 spiro atoms. The Morgan fingerprint density at radius 1 is 1.31 bits per heavy atom. The molecule has 3 rings (SSSR count). The minimum absolute atomic E-state index is 0.0283. The number of nitrogens with zero attached hydrogens (tertiary/aromatic N) is 2. The summed E-state index contributed by atoms with van der Waals surface area (Å²) in [5, 5.41) is 5.90. The van der Waals surface area contributed by atoms with Crippen LogP contribution in [0.2, 0.25) is 0 Å². The monoisotopic (exact) mass is 353 g/mol. The number of hydrogen-bond acceptors (Lipinski definition) is 6. The number of anilines is 3. The zero-order valence-electron chi connectivity index (χ0n) is 15.2. The summed E-state index contributed by atoms with van der Waals surface area (Å²) in [5.74, 6) is 1.66. The van der Waals surface area contributed by atoms with Crippen molar-refractivity contribution in [3.63, 3.8) is 0 Å². The molecule has 2 aromatic rings. The average Bonchev–Trinajstić information content (AvgIpc) is 2.62. The number of hydrogen-bond donors (Lipinski definition) is 3. The molecule has 0 aliphatic carbocycles. The third-order valence-electron chi connectivity index (χ3n) is 4.58. The number of rotatable bonds is 5. The van der Waals surface area contributed by atoms with Crippen LogP contribution in [0, 0.1) is 0 Å². The largest absolute Gasteiger partial charge is 0.457 e. The second kappa shape index (κ2) is 8.10. The van der Waals surface area contributed by atoms with Crippen molar-refractivity contribution >= 4 is 31.1 Å². The Labute approximate surface area is 154 Å². The summed E-state index contributed by atoms with van der Waals surface area (Å²) < 4.78 is 5.84. The number of pyridine rings is 1. The lowest BCUT2D eigenvalue weighted by molar-refractivity contribution is -0.120. The molecule has 1 fully saturated rings. The van der Waals surface area contributed by atoms with E-state index in [-0.39, 0.29) is 11.9 Å². The molecule has 1 aromatic heterocycles. The standard InChI is InChI=1S/C18H24BN5O2/c1-21-15-6-5-12(10-14(15)20)26-13-7-8-22-17(11-13)23-18(25)16-4-2-3-9-24(16)19/h5-8,10-11,16,21H,2-4,9,19-20H2,1H3,(H,22,23,25). The van der Waals surface area contributed by atoms with Crippen molar-refractivity contribution in [3.05, 3.63) is 36.5 Å². The molecule has 0 bridgehead atoms. The first-order valence-corrected chi connectivity index (χ1v) is 8.79. The van der Waals surface area contributed by atoms with Crippen molar-refractivity contribution in [2.45, 2.75) is 25.3 Å². The lowest BCUT2D eigenvalue weighted by Gasteiger charge is -2.31. The van der Waals surface area contributed by atoms with Crippen LogP contribution >= 0.6 is 0 Å². The third-order valence-corrected chi connectivity index (χ3v) is 4.58. The molecule has 1 atom stereocenters. The topological polar surface area (TPSA) is 92.5 Å². The summed E-state index contributed by atoms with van der Waals surface area (Å²) in [6, 6.07) is 8.78. The molecule has 136 valence electrons. The van der Waals surface area contributed by atoms with E-state index in [1.54, 1.807) is 24.4 Å². The Kier molecular flexibility index (Phi) is 5.63. The van der Waals surface area contributed by atoms with Gasteiger partial charge < -0.3 is 25.9 Å². The first-order chi connectivity index (χ1) is 12.6. The molecule has 8 heteroatoms. The number of nitrogens with one attached hydrogen (secondary N) is 2. The van der Waals surface area contributed by atoms with Crippen molar-refractivity contribution in [1.29, 1.82) is 0 Å². The smallest absolute Gasteiger partial charge is 0.241 e. The zero-order chi connectivity index (χ0) is 18.5. The maximum atomic E-state index is 12.5. The maximum Gasteiger partial charge on any atom is 0.241 e. The zero-order valence-corrected chi connectivity index (χ0v) is 15.2. The van der Waals surface area contributed by atoms with E-state index in [0.29, 0.717) is 23.0 Å². The Morgan fingerprint density at radius 3 is 2.85 bits per heavy atom. The van der Waals surface area contributed by atoms with Crippen LogP contribution in [-0.2, 0) is 4.79 Å². The van der Waals surface area contributed by atoms with E-state index in [9.17, 15) is 4.79 Å². The summed E-state index contributed by atoms with van der Waals surface area (Å²) in [4.78, 5) is 18.8. The van der Waals surface area contributed by atoms with E-state index >= 15 is 0 Å². The Hall–Kier alpha value is -2.74. The summed E-state index contributed by atoms with van der Waals surface area (Å²) in [6.07, 6.45) is 4.69. The quantitative estimate of drug-likeness (QED) is 0.561. The molecule has 1 aromatic carbocycles. The van der Waals surface area contributed by atoms with Gasteiger partial charge in [-0.15, -0.1) is 0 Å². The maximum absolute atomic E-state index is 12.5. The van der Waals surface area contributed by atoms with Crippen LogP contribution in [0.15, 0.2) is 36.5 Å². The molecule has 1 aliphatic rings. The van der Waals surface area contributed by atoms with Crippen LogP contribution < -0.4 is 21.1 Å². The number of amides is 1. The highest BCUT2D eigenvalue weighted by Crippen LogP contribution is 2.28. The van der Waals surface area contributed by atoms with Gasteiger partial charge in [-0.25, -0.2) is 4.98 Å². The molecule has 2 heterocycles. The van der Waals surface area contributed by atoms with E-state index in [4.69, 9.17) is 10.5 Å². The lowest BCUT2D eigenvalue weighted by atomic mass is 9.98. The number of piperidine rings is 1. The van der Waals surface area contributed by atoms with Gasteiger partial charge in [0.15, 0.2) is 7.98 Å². The van der Waals surface area contributed by atoms with Crippen LogP contribution in [0.1, 0.15) is 19.3 Å². The van der Waals surface area contributed by atoms with Gasteiger partial charge in [-0.05, 0) is 37.6 Å². The van der Waals surface area contributed by atoms with E-state index in [2.05, 4.69) is 20.4 Å². The molecule has 1 saturated heterocycles. The van der Waals surface area contributed by atoms with Gasteiger partial charge in [0, 0.05) is 25.4 Å². The van der Waals surface area contributed by atoms with Gasteiger partial charge in [-0.3, -0.25) is 4.79 Å². The van der Waals surface area contributed by atoms with Gasteiger partial charge in [-0.1, -0.05) is 6.42 Å². The van der Waals surface area contributed by atoms with Crippen molar-refractivity contribution < 1.29 is 9.53 Å². The highest BCUT2D eigenvalue weighted by atomic mass is 16.5. The summed E-state index contributed by atoms with van der Waals surface area (Å²) >= 11 is 0. The van der Waals surface area contributed by atoms with Crippen molar-refractivity contribution in [3.8, 4) is 11.5 Å². The van der Waals surface area contributed by atoms with Gasteiger partial charge in [-0.2, -0.15) is 0 Å². The highest BCUT2D eigenvalue weighted by molar-refractivity contribution is 6.08. The third kappa shape index (κ3) is 4.26. The van der Waals surface area contributed by atoms with Crippen LogP contribution in [0.3, 0.4) is 0 Å². The van der Waals surface area contributed by atoms with Crippen molar-refractivity contribution in [1.82, 2.24) is 9.79 Å². The first-order valence-electron chi connectivity index (χ1n) is 8.79. The summed E-state index contributed by atoms with van der Waals surface area (Å²) in [6.45, 7) is 0.943. The molecule has 1 unspecified atom stereocenters. The minimum Gasteiger partial charge on any atom is -0.457 e. The number of carbonyl (C=O) groups is 1. The van der Waals surface area contributed by atoms with E-state index < -0.39 is 0 Å². The van der Waals surface area contributed by atoms with Crippen LogP contribution in [0.4, 0.5) is 17.2 Å². The number of nitrogen functional groups attached to an aromatic ring is 1. The van der Waals surface area contributed by atoms with Crippen LogP contribution in [0.25, 0.3) is 0 Å². The predicted molar refractivity (Wildman–Crippen MR) is 106 cm³/mol. The molecule has 1 aliphatic heterocycles. The number of benzene rings is 1. The number of nitrogens with two attached hydrogens (primary N) is 1. The predicted octanol–water partition coefficient (Wildman–Crippen LogP) is 1.84. The summed E-state index contributed by atoms with van der Waals surface area (Å²) in [7, 11) is 3.80. The number of carbonyl (C=O) groups excluding carboxylic acids is 1. The molecule has 26 heavy (non-hydrogen) atoms. The van der Waals surface area contributed by atoms with Crippen LogP contribution in [0.5, 0.6) is 11.5 Å². The number of ether oxygens (including phenoxy) is 1. The molecule has 0 radical (unpaired) electrons. The first kappa shape index (κ1) is 18.1. The molecule has 1 amide bonds. The normalized spacial score (nSPS) is 17.5. The lowest BCUT2D eigenvalue weighted by Crippen LogP contribution is -2.45. The molecule has 4 N–H and O–H groups in total. The Morgan fingerprint density at radius 2 is 2.12 bits per heavy atom. The summed E-state index contributed by atoms with van der Waals surface area (Å²) in [5.41, 5.74) is 7.41. The van der Waals surface area contributed by atoms with Crippen molar-refractivity contribution in [2.24, 2.45) is 0 Å². The van der Waals surface area contributed by atoms with Gasteiger partial charge in [0.25, 0.3) is 0 Å². The second-order valence-corrected chi connectivity index (χ2v) is 6.46. The van der Waals surface area contributed by atoms with Crippen LogP contribution in [-0.4, -0.2) is 43.3 Å². The van der Waals surface area contributed by atoms with Gasteiger partial charge in [0.1, 0.15) is 17.3 Å². The van der Waals surface area contributed by atoms with E-state index in [1.807, 2.05) is 27.2 Å². The fourth-order valence-corrected chi connectivity index (χ4v) is 3.13. The van der Waals surface area contributed by atoms with Gasteiger partial charge >= 0.3 is 0 Å². The molecule has 0 saturated carbocycles. The molecular formula is C18H24BN5O2. The fourth-order valence-electron chi connectivity index (χ4n) is 3.13. The Bertz CT molecular complexity index is 786. The fraction of sp³-hybridized carbons (Fsp3) is 0.333. The average molecular weight is 353 g/mol. The van der Waals surface area contributed by atoms with Gasteiger partial charge in [0.2, 0.25) is 5.91 Å². The Balaban J connectivity index is 1.68. The minimum atomic E-state index is -0.107. The van der Waals surface area contributed by atoms with Gasteiger partial charge in [0.05, 0.1) is 17.4 Å². The highest BCUT2D eigenvalue weighted by Gasteiger charge is 2.25. The SMILES string of the molecule is BN1CCCCC1C(=O)Nc1cc(Oc2ccc(NC)c(N)c2)ccn1. The molecular weight excluding hydrogens is 329 g/mol. The van der Waals surface area contributed by atoms with Crippen molar-refractivity contribution in [2.75, 3.05) is 30.0 Å². The second-order valence-electron chi connectivity index (χ2n) is 6.46. The number of aromatic nitrogens is 1.